The van der Waals surface area contributed by atoms with Crippen LogP contribution in [0, 0.1) is 11.7 Å². The lowest BCUT2D eigenvalue weighted by atomic mass is 9.88. The van der Waals surface area contributed by atoms with Gasteiger partial charge in [0, 0.05) is 16.6 Å². The van der Waals surface area contributed by atoms with Gasteiger partial charge in [-0.15, -0.1) is 11.3 Å². The van der Waals surface area contributed by atoms with E-state index in [-0.39, 0.29) is 18.3 Å². The van der Waals surface area contributed by atoms with Crippen molar-refractivity contribution in [3.05, 3.63) is 62.3 Å². The number of hydrogen-bond acceptors (Lipinski definition) is 5. The maximum absolute atomic E-state index is 14.0. The highest BCUT2D eigenvalue weighted by atomic mass is 79.9. The van der Waals surface area contributed by atoms with E-state index in [0.717, 1.165) is 24.8 Å². The van der Waals surface area contributed by atoms with E-state index < -0.39 is 0 Å². The van der Waals surface area contributed by atoms with Crippen LogP contribution in [0.5, 0.6) is 0 Å². The molecule has 1 aliphatic carbocycles. The first kappa shape index (κ1) is 22.9. The predicted molar refractivity (Wildman–Crippen MR) is 132 cm³/mol. The van der Waals surface area contributed by atoms with Crippen molar-refractivity contribution in [3.63, 3.8) is 0 Å². The van der Waals surface area contributed by atoms with Crippen molar-refractivity contribution in [2.24, 2.45) is 5.92 Å². The molecule has 2 heterocycles. The van der Waals surface area contributed by atoms with Crippen LogP contribution in [0.15, 0.2) is 34.9 Å². The second-order valence-corrected chi connectivity index (χ2v) is 10.1. The second-order valence-electron chi connectivity index (χ2n) is 7.74. The Morgan fingerprint density at radius 1 is 1.41 bits per heavy atom. The third-order valence-electron chi connectivity index (χ3n) is 5.37. The van der Waals surface area contributed by atoms with Crippen LogP contribution in [0.3, 0.4) is 0 Å². The summed E-state index contributed by atoms with van der Waals surface area (Å²) in [5, 5.41) is 11.6. The molecule has 0 amide bonds. The van der Waals surface area contributed by atoms with E-state index in [1.165, 1.54) is 18.1 Å². The van der Waals surface area contributed by atoms with Gasteiger partial charge in [-0.2, -0.15) is 5.10 Å². The van der Waals surface area contributed by atoms with Gasteiger partial charge in [0.1, 0.15) is 10.8 Å². The summed E-state index contributed by atoms with van der Waals surface area (Å²) in [4.78, 5) is 13.7. The monoisotopic (exact) mass is 536 g/mol. The number of thiocarbonyl (C=S) groups is 1. The fourth-order valence-corrected chi connectivity index (χ4v) is 5.84. The lowest BCUT2D eigenvalue weighted by molar-refractivity contribution is 0.0601. The summed E-state index contributed by atoms with van der Waals surface area (Å²) < 4.78 is 21.3. The van der Waals surface area contributed by atoms with Gasteiger partial charge in [0.05, 0.1) is 23.7 Å². The van der Waals surface area contributed by atoms with Crippen molar-refractivity contribution < 1.29 is 13.9 Å². The number of nitrogens with one attached hydrogen (secondary N) is 2. The van der Waals surface area contributed by atoms with Gasteiger partial charge in [-0.1, -0.05) is 25.1 Å². The van der Waals surface area contributed by atoms with Crippen molar-refractivity contribution in [1.29, 1.82) is 0 Å². The molecule has 1 unspecified atom stereocenters. The molecule has 3 aromatic rings. The third-order valence-corrected chi connectivity index (χ3v) is 7.32. The smallest absolute Gasteiger partial charge is 0.341 e. The summed E-state index contributed by atoms with van der Waals surface area (Å²) in [6.07, 6.45) is 4.59. The number of halogens is 2. The van der Waals surface area contributed by atoms with E-state index in [9.17, 15) is 9.18 Å². The minimum Gasteiger partial charge on any atom is -0.465 e. The Morgan fingerprint density at radius 3 is 2.94 bits per heavy atom. The Kier molecular flexibility index (Phi) is 6.92. The van der Waals surface area contributed by atoms with Crippen LogP contribution >= 0.6 is 39.5 Å². The van der Waals surface area contributed by atoms with Crippen LogP contribution in [0.25, 0.3) is 0 Å². The summed E-state index contributed by atoms with van der Waals surface area (Å²) in [5.41, 5.74) is 2.16. The van der Waals surface area contributed by atoms with Gasteiger partial charge in [-0.3, -0.25) is 4.68 Å². The number of benzene rings is 1. The van der Waals surface area contributed by atoms with Crippen molar-refractivity contribution in [3.8, 4) is 0 Å². The molecule has 6 nitrogen and oxygen atoms in total. The summed E-state index contributed by atoms with van der Waals surface area (Å²) >= 11 is 10.5. The fourth-order valence-electron chi connectivity index (χ4n) is 3.76. The number of fused-ring (bicyclic) bond motifs is 1. The molecule has 0 saturated heterocycles. The Morgan fingerprint density at radius 2 is 2.19 bits per heavy atom. The highest BCUT2D eigenvalue weighted by molar-refractivity contribution is 9.10. The topological polar surface area (TPSA) is 68.2 Å². The Balaban J connectivity index is 1.50. The van der Waals surface area contributed by atoms with E-state index in [1.807, 2.05) is 0 Å². The largest absolute Gasteiger partial charge is 0.465 e. The lowest BCUT2D eigenvalue weighted by Crippen LogP contribution is -2.21. The maximum Gasteiger partial charge on any atom is 0.341 e. The van der Waals surface area contributed by atoms with Crippen molar-refractivity contribution in [2.45, 2.75) is 32.7 Å². The number of ether oxygens (including phenoxy) is 1. The van der Waals surface area contributed by atoms with Gasteiger partial charge in [0.25, 0.3) is 0 Å². The highest BCUT2D eigenvalue weighted by Gasteiger charge is 2.28. The maximum atomic E-state index is 14.0. The van der Waals surface area contributed by atoms with Crippen LogP contribution in [-0.2, 0) is 24.1 Å². The molecule has 1 atom stereocenters. The molecule has 0 saturated carbocycles. The zero-order valence-electron chi connectivity index (χ0n) is 17.6. The number of carbonyl (C=O) groups excluding carboxylic acids is 1. The number of carbonyl (C=O) groups is 1. The molecule has 1 aliphatic rings. The van der Waals surface area contributed by atoms with Gasteiger partial charge >= 0.3 is 5.97 Å². The normalized spacial score (nSPS) is 15.2. The first-order valence-electron chi connectivity index (χ1n) is 10.1. The number of hydrogen-bond donors (Lipinski definition) is 2. The summed E-state index contributed by atoms with van der Waals surface area (Å²) in [5.74, 6) is 0.433. The zero-order chi connectivity index (χ0) is 22.8. The fraction of sp³-hybridized carbons (Fsp3) is 0.318. The van der Waals surface area contributed by atoms with E-state index in [4.69, 9.17) is 17.0 Å². The van der Waals surface area contributed by atoms with Gasteiger partial charge in [-0.25, -0.2) is 9.18 Å². The highest BCUT2D eigenvalue weighted by Crippen LogP contribution is 2.40. The third kappa shape index (κ3) is 4.87. The zero-order valence-corrected chi connectivity index (χ0v) is 20.8. The number of thiophene rings is 1. The number of nitrogens with zero attached hydrogens (tertiary/aromatic N) is 2. The minimum absolute atomic E-state index is 0.280. The average Bonchev–Trinajstić information content (AvgIpc) is 3.27. The molecule has 1 aromatic carbocycles. The molecule has 2 aromatic heterocycles. The first-order chi connectivity index (χ1) is 15.4. The molecule has 32 heavy (non-hydrogen) atoms. The molecule has 0 aliphatic heterocycles. The van der Waals surface area contributed by atoms with Crippen LogP contribution in [-0.4, -0.2) is 28.0 Å². The molecular weight excluding hydrogens is 515 g/mol. The summed E-state index contributed by atoms with van der Waals surface area (Å²) in [6, 6.07) is 6.58. The number of methoxy groups -OCH3 is 1. The summed E-state index contributed by atoms with van der Waals surface area (Å²) in [6.45, 7) is 2.50. The van der Waals surface area contributed by atoms with E-state index >= 15 is 0 Å². The van der Waals surface area contributed by atoms with Gasteiger partial charge in [0.2, 0.25) is 0 Å². The molecule has 2 N–H and O–H groups in total. The van der Waals surface area contributed by atoms with Gasteiger partial charge in [0.15, 0.2) is 10.9 Å². The van der Waals surface area contributed by atoms with E-state index in [1.54, 1.807) is 40.4 Å². The van der Waals surface area contributed by atoms with Crippen LogP contribution in [0.4, 0.5) is 15.2 Å². The van der Waals surface area contributed by atoms with E-state index in [0.29, 0.717) is 37.4 Å². The van der Waals surface area contributed by atoms with E-state index in [2.05, 4.69) is 38.6 Å². The average molecular weight is 537 g/mol. The Bertz CT molecular complexity index is 1180. The van der Waals surface area contributed by atoms with Crippen LogP contribution in [0.2, 0.25) is 0 Å². The first-order valence-corrected chi connectivity index (χ1v) is 12.1. The Labute approximate surface area is 203 Å². The molecule has 168 valence electrons. The number of rotatable bonds is 5. The second kappa shape index (κ2) is 9.68. The molecule has 4 rings (SSSR count). The standard InChI is InChI=1S/C22H22BrFN4O2S2/c1-12-7-8-14-17(9-12)32-20(18(14)21(29)30-2)26-22(31)25-19-15(23)11-28(27-19)10-13-5-3-4-6-16(13)24/h3-6,11-12H,7-10H2,1-2H3,(H2,25,26,27,31). The molecule has 0 radical (unpaired) electrons. The van der Waals surface area contributed by atoms with Crippen LogP contribution < -0.4 is 10.6 Å². The predicted octanol–water partition coefficient (Wildman–Crippen LogP) is 5.61. The minimum atomic E-state index is -0.363. The van der Waals surface area contributed by atoms with Gasteiger partial charge in [-0.05, 0) is 65.0 Å². The summed E-state index contributed by atoms with van der Waals surface area (Å²) in [7, 11) is 1.39. The lowest BCUT2D eigenvalue weighted by Gasteiger charge is -2.18. The van der Waals surface area contributed by atoms with Crippen molar-refractivity contribution >= 4 is 61.4 Å². The Hall–Kier alpha value is -2.30. The number of esters is 1. The van der Waals surface area contributed by atoms with Crippen molar-refractivity contribution in [1.82, 2.24) is 9.78 Å². The number of anilines is 2. The van der Waals surface area contributed by atoms with Gasteiger partial charge < -0.3 is 15.4 Å². The molecule has 0 bridgehead atoms. The SMILES string of the molecule is COC(=O)c1c(NC(=S)Nc2nn(Cc3ccccc3F)cc2Br)sc2c1CCC(C)C2. The van der Waals surface area contributed by atoms with Crippen LogP contribution in [0.1, 0.15) is 39.7 Å². The quantitative estimate of drug-likeness (QED) is 0.326. The molecule has 10 heteroatoms. The van der Waals surface area contributed by atoms with Crippen molar-refractivity contribution in [2.75, 3.05) is 17.7 Å². The molecule has 0 fully saturated rings. The molecule has 0 spiro atoms. The molecular formula is C22H22BrFN4O2S2. The number of aromatic nitrogens is 2.